The van der Waals surface area contributed by atoms with Gasteiger partial charge in [0.2, 0.25) is 0 Å². The third-order valence-corrected chi connectivity index (χ3v) is 4.56. The number of nitrogens with zero attached hydrogens (tertiary/aromatic N) is 2. The van der Waals surface area contributed by atoms with Crippen molar-refractivity contribution in [2.45, 2.75) is 26.9 Å². The summed E-state index contributed by atoms with van der Waals surface area (Å²) >= 11 is 7.77. The molecule has 1 heterocycles. The van der Waals surface area contributed by atoms with Gasteiger partial charge in [-0.25, -0.2) is 4.98 Å². The minimum Gasteiger partial charge on any atom is -0.347 e. The monoisotopic (exact) mass is 309 g/mol. The third-order valence-electron chi connectivity index (χ3n) is 3.05. The second-order valence-electron chi connectivity index (χ2n) is 4.77. The summed E-state index contributed by atoms with van der Waals surface area (Å²) in [7, 11) is 2.07. The molecule has 0 atom stereocenters. The Labute approximate surface area is 129 Å². The van der Waals surface area contributed by atoms with E-state index in [9.17, 15) is 0 Å². The van der Waals surface area contributed by atoms with Crippen LogP contribution >= 0.6 is 22.9 Å². The number of anilines is 1. The van der Waals surface area contributed by atoms with Crippen LogP contribution in [0.5, 0.6) is 0 Å². The van der Waals surface area contributed by atoms with Gasteiger partial charge >= 0.3 is 0 Å². The van der Waals surface area contributed by atoms with E-state index >= 15 is 0 Å². The van der Waals surface area contributed by atoms with Crippen LogP contribution in [-0.4, -0.2) is 18.6 Å². The maximum Gasteiger partial charge on any atom is 0.185 e. The van der Waals surface area contributed by atoms with Crippen molar-refractivity contribution < 1.29 is 0 Å². The highest BCUT2D eigenvalue weighted by atomic mass is 35.5. The van der Waals surface area contributed by atoms with E-state index in [1.54, 1.807) is 11.3 Å². The molecule has 0 aliphatic heterocycles. The molecule has 0 aliphatic rings. The predicted molar refractivity (Wildman–Crippen MR) is 87.8 cm³/mol. The van der Waals surface area contributed by atoms with Gasteiger partial charge in [-0.15, -0.1) is 11.3 Å². The van der Waals surface area contributed by atoms with E-state index in [4.69, 9.17) is 11.6 Å². The van der Waals surface area contributed by atoms with E-state index in [2.05, 4.69) is 42.2 Å². The Morgan fingerprint density at radius 1 is 1.40 bits per heavy atom. The maximum absolute atomic E-state index is 6.02. The Kier molecular flexibility index (Phi) is 5.40. The molecule has 0 spiro atoms. The fourth-order valence-corrected chi connectivity index (χ4v) is 3.16. The standard InChI is InChI=1S/C15H20ClN3S/c1-4-17-9-14-11(2)18-15(20-14)19(3)10-12-6-5-7-13(16)8-12/h5-8,17H,4,9-10H2,1-3H3. The minimum absolute atomic E-state index is 0.777. The summed E-state index contributed by atoms with van der Waals surface area (Å²) in [6.07, 6.45) is 0. The zero-order valence-corrected chi connectivity index (χ0v) is 13.7. The molecule has 1 aromatic heterocycles. The minimum atomic E-state index is 0.777. The van der Waals surface area contributed by atoms with Crippen molar-refractivity contribution in [1.82, 2.24) is 10.3 Å². The van der Waals surface area contributed by atoms with Crippen LogP contribution in [0.3, 0.4) is 0 Å². The summed E-state index contributed by atoms with van der Waals surface area (Å²) in [5.41, 5.74) is 2.31. The van der Waals surface area contributed by atoms with E-state index < -0.39 is 0 Å². The first-order valence-electron chi connectivity index (χ1n) is 6.72. The average molecular weight is 310 g/mol. The van der Waals surface area contributed by atoms with Crippen LogP contribution in [0.1, 0.15) is 23.1 Å². The van der Waals surface area contributed by atoms with Gasteiger partial charge in [0.15, 0.2) is 5.13 Å². The molecule has 0 saturated heterocycles. The number of halogens is 1. The predicted octanol–water partition coefficient (Wildman–Crippen LogP) is 3.85. The summed E-state index contributed by atoms with van der Waals surface area (Å²) in [4.78, 5) is 8.12. The SMILES string of the molecule is CCNCc1sc(N(C)Cc2cccc(Cl)c2)nc1C. The molecular weight excluding hydrogens is 290 g/mol. The van der Waals surface area contributed by atoms with Gasteiger partial charge in [0.25, 0.3) is 0 Å². The van der Waals surface area contributed by atoms with Gasteiger partial charge in [-0.05, 0) is 31.2 Å². The lowest BCUT2D eigenvalue weighted by molar-refractivity contribution is 0.731. The molecule has 2 rings (SSSR count). The summed E-state index contributed by atoms with van der Waals surface area (Å²) in [5.74, 6) is 0. The molecule has 108 valence electrons. The first-order valence-corrected chi connectivity index (χ1v) is 7.92. The van der Waals surface area contributed by atoms with Crippen molar-refractivity contribution in [3.05, 3.63) is 45.4 Å². The van der Waals surface area contributed by atoms with Crippen LogP contribution in [0, 0.1) is 6.92 Å². The van der Waals surface area contributed by atoms with E-state index in [1.165, 1.54) is 10.4 Å². The number of aromatic nitrogens is 1. The number of hydrogen-bond acceptors (Lipinski definition) is 4. The Morgan fingerprint density at radius 3 is 2.90 bits per heavy atom. The molecule has 1 N–H and O–H groups in total. The van der Waals surface area contributed by atoms with Gasteiger partial charge in [-0.3, -0.25) is 0 Å². The van der Waals surface area contributed by atoms with Crippen molar-refractivity contribution in [2.75, 3.05) is 18.5 Å². The molecule has 0 amide bonds. The maximum atomic E-state index is 6.02. The number of aryl methyl sites for hydroxylation is 1. The van der Waals surface area contributed by atoms with Crippen LogP contribution < -0.4 is 10.2 Å². The molecule has 0 unspecified atom stereocenters. The van der Waals surface area contributed by atoms with E-state index in [0.717, 1.165) is 35.5 Å². The number of thiazole rings is 1. The van der Waals surface area contributed by atoms with Gasteiger partial charge in [-0.2, -0.15) is 0 Å². The fraction of sp³-hybridized carbons (Fsp3) is 0.400. The molecule has 0 saturated carbocycles. The molecule has 2 aromatic rings. The van der Waals surface area contributed by atoms with Crippen LogP contribution in [-0.2, 0) is 13.1 Å². The first kappa shape index (κ1) is 15.3. The highest BCUT2D eigenvalue weighted by Crippen LogP contribution is 2.26. The average Bonchev–Trinajstić information content (AvgIpc) is 2.78. The van der Waals surface area contributed by atoms with Crippen molar-refractivity contribution in [3.8, 4) is 0 Å². The Balaban J connectivity index is 2.07. The number of rotatable bonds is 6. The lowest BCUT2D eigenvalue weighted by Crippen LogP contribution is -2.16. The summed E-state index contributed by atoms with van der Waals surface area (Å²) in [6.45, 7) is 6.87. The molecule has 0 bridgehead atoms. The third kappa shape index (κ3) is 3.95. The topological polar surface area (TPSA) is 28.2 Å². The molecule has 0 aliphatic carbocycles. The molecular formula is C15H20ClN3S. The lowest BCUT2D eigenvalue weighted by atomic mass is 10.2. The summed E-state index contributed by atoms with van der Waals surface area (Å²) in [6, 6.07) is 7.96. The lowest BCUT2D eigenvalue weighted by Gasteiger charge is -2.15. The van der Waals surface area contributed by atoms with Crippen LogP contribution in [0.25, 0.3) is 0 Å². The summed E-state index contributed by atoms with van der Waals surface area (Å²) in [5, 5.41) is 5.18. The van der Waals surface area contributed by atoms with Crippen LogP contribution in [0.2, 0.25) is 5.02 Å². The normalized spacial score (nSPS) is 10.8. The highest BCUT2D eigenvalue weighted by Gasteiger charge is 2.11. The van der Waals surface area contributed by atoms with Crippen LogP contribution in [0.15, 0.2) is 24.3 Å². The smallest absolute Gasteiger partial charge is 0.185 e. The van der Waals surface area contributed by atoms with Gasteiger partial charge in [0.05, 0.1) is 5.69 Å². The fourth-order valence-electron chi connectivity index (χ4n) is 1.96. The van der Waals surface area contributed by atoms with E-state index in [1.807, 2.05) is 18.2 Å². The van der Waals surface area contributed by atoms with Gasteiger partial charge in [0, 0.05) is 30.0 Å². The van der Waals surface area contributed by atoms with Gasteiger partial charge < -0.3 is 10.2 Å². The largest absolute Gasteiger partial charge is 0.347 e. The zero-order valence-electron chi connectivity index (χ0n) is 12.1. The quantitative estimate of drug-likeness (QED) is 0.878. The van der Waals surface area contributed by atoms with Crippen molar-refractivity contribution in [2.24, 2.45) is 0 Å². The van der Waals surface area contributed by atoms with Crippen molar-refractivity contribution >= 4 is 28.1 Å². The molecule has 5 heteroatoms. The number of hydrogen-bond donors (Lipinski definition) is 1. The second kappa shape index (κ2) is 7.07. The Morgan fingerprint density at radius 2 is 2.20 bits per heavy atom. The number of nitrogens with one attached hydrogen (secondary N) is 1. The molecule has 3 nitrogen and oxygen atoms in total. The van der Waals surface area contributed by atoms with Gasteiger partial charge in [-0.1, -0.05) is 30.7 Å². The molecule has 0 radical (unpaired) electrons. The van der Waals surface area contributed by atoms with Gasteiger partial charge in [0.1, 0.15) is 0 Å². The van der Waals surface area contributed by atoms with Crippen molar-refractivity contribution in [1.29, 1.82) is 0 Å². The Bertz CT molecular complexity index is 568. The number of benzene rings is 1. The summed E-state index contributed by atoms with van der Waals surface area (Å²) < 4.78 is 0. The highest BCUT2D eigenvalue weighted by molar-refractivity contribution is 7.15. The van der Waals surface area contributed by atoms with Crippen molar-refractivity contribution in [3.63, 3.8) is 0 Å². The van der Waals surface area contributed by atoms with Crippen LogP contribution in [0.4, 0.5) is 5.13 Å². The van der Waals surface area contributed by atoms with E-state index in [-0.39, 0.29) is 0 Å². The first-order chi connectivity index (χ1) is 9.60. The molecule has 20 heavy (non-hydrogen) atoms. The molecule has 1 aromatic carbocycles. The zero-order chi connectivity index (χ0) is 14.5. The molecule has 0 fully saturated rings. The second-order valence-corrected chi connectivity index (χ2v) is 6.27. The Hall–Kier alpha value is -1.10. The van der Waals surface area contributed by atoms with E-state index in [0.29, 0.717) is 0 Å².